The molecule has 0 amide bonds. The lowest BCUT2D eigenvalue weighted by Crippen LogP contribution is -2.21. The number of hydrogen-bond donors (Lipinski definition) is 1. The molecule has 1 nitrogen and oxygen atoms in total. The molecule has 0 spiro atoms. The van der Waals surface area contributed by atoms with Crippen LogP contribution in [0, 0.1) is 0 Å². The van der Waals surface area contributed by atoms with E-state index in [-0.39, 0.29) is 0 Å². The number of rotatable bonds is 7. The van der Waals surface area contributed by atoms with Gasteiger partial charge in [-0.15, -0.1) is 0 Å². The molecule has 1 heteroatoms. The molecular weight excluding hydrogens is 254 g/mol. The molecule has 0 heterocycles. The van der Waals surface area contributed by atoms with E-state index >= 15 is 0 Å². The summed E-state index contributed by atoms with van der Waals surface area (Å²) in [5.74, 6) is 0.823. The van der Waals surface area contributed by atoms with E-state index in [1.165, 1.54) is 36.8 Å². The second-order valence-electron chi connectivity index (χ2n) is 6.11. The topological polar surface area (TPSA) is 12.0 Å². The Kier molecular flexibility index (Phi) is 4.72. The highest BCUT2D eigenvalue weighted by atomic mass is 14.9. The molecule has 1 fully saturated rings. The molecule has 1 unspecified atom stereocenters. The highest BCUT2D eigenvalue weighted by molar-refractivity contribution is 5.33. The molecule has 1 aliphatic carbocycles. The molecule has 1 saturated carbocycles. The second kappa shape index (κ2) is 6.91. The largest absolute Gasteiger partial charge is 0.306 e. The highest BCUT2D eigenvalue weighted by Crippen LogP contribution is 2.41. The minimum Gasteiger partial charge on any atom is -0.306 e. The van der Waals surface area contributed by atoms with Crippen molar-refractivity contribution in [2.45, 2.75) is 51.1 Å². The molecule has 0 aromatic heterocycles. The Hall–Kier alpha value is -1.60. The van der Waals surface area contributed by atoms with Gasteiger partial charge in [0.1, 0.15) is 0 Å². The molecule has 110 valence electrons. The summed E-state index contributed by atoms with van der Waals surface area (Å²) in [7, 11) is 0. The Morgan fingerprint density at radius 1 is 1.00 bits per heavy atom. The minimum absolute atomic E-state index is 0.462. The fraction of sp³-hybridized carbons (Fsp3) is 0.400. The molecule has 2 aromatic rings. The van der Waals surface area contributed by atoms with Crippen molar-refractivity contribution < 1.29 is 0 Å². The summed E-state index contributed by atoms with van der Waals surface area (Å²) in [5, 5.41) is 3.78. The fourth-order valence-electron chi connectivity index (χ4n) is 3.08. The van der Waals surface area contributed by atoms with Crippen molar-refractivity contribution in [3.05, 3.63) is 71.3 Å². The molecule has 1 atom stereocenters. The van der Waals surface area contributed by atoms with Crippen molar-refractivity contribution >= 4 is 0 Å². The first-order valence-corrected chi connectivity index (χ1v) is 8.24. The van der Waals surface area contributed by atoms with Crippen LogP contribution in [0.15, 0.2) is 54.6 Å². The van der Waals surface area contributed by atoms with E-state index in [0.29, 0.717) is 6.04 Å². The van der Waals surface area contributed by atoms with Crippen LogP contribution >= 0.6 is 0 Å². The predicted octanol–water partition coefficient (Wildman–Crippen LogP) is 5.20. The SMILES string of the molecule is CCCC(NCc1ccccc1C1CC1)c1ccccc1. The zero-order chi connectivity index (χ0) is 14.5. The second-order valence-corrected chi connectivity index (χ2v) is 6.11. The van der Waals surface area contributed by atoms with E-state index in [2.05, 4.69) is 66.8 Å². The van der Waals surface area contributed by atoms with Crippen LogP contribution < -0.4 is 5.32 Å². The predicted molar refractivity (Wildman–Crippen MR) is 89.3 cm³/mol. The van der Waals surface area contributed by atoms with Crippen LogP contribution in [0.1, 0.15) is 61.3 Å². The van der Waals surface area contributed by atoms with E-state index < -0.39 is 0 Å². The van der Waals surface area contributed by atoms with Crippen molar-refractivity contribution in [2.24, 2.45) is 0 Å². The maximum absolute atomic E-state index is 3.78. The van der Waals surface area contributed by atoms with Crippen LogP contribution in [0.5, 0.6) is 0 Å². The van der Waals surface area contributed by atoms with Crippen LogP contribution in [0.2, 0.25) is 0 Å². The Morgan fingerprint density at radius 3 is 2.43 bits per heavy atom. The van der Waals surface area contributed by atoms with Crippen molar-refractivity contribution in [1.82, 2.24) is 5.32 Å². The van der Waals surface area contributed by atoms with Gasteiger partial charge in [-0.25, -0.2) is 0 Å². The molecule has 1 N–H and O–H groups in total. The molecule has 21 heavy (non-hydrogen) atoms. The van der Waals surface area contributed by atoms with E-state index in [1.54, 1.807) is 5.56 Å². The normalized spacial score (nSPS) is 15.9. The van der Waals surface area contributed by atoms with Gasteiger partial charge in [0.15, 0.2) is 0 Å². The highest BCUT2D eigenvalue weighted by Gasteiger charge is 2.25. The van der Waals surface area contributed by atoms with E-state index in [0.717, 1.165) is 12.5 Å². The van der Waals surface area contributed by atoms with Gasteiger partial charge >= 0.3 is 0 Å². The van der Waals surface area contributed by atoms with Gasteiger partial charge < -0.3 is 5.32 Å². The lowest BCUT2D eigenvalue weighted by atomic mass is 10.00. The third-order valence-electron chi connectivity index (χ3n) is 4.39. The smallest absolute Gasteiger partial charge is 0.0323 e. The average Bonchev–Trinajstić information content (AvgIpc) is 3.37. The minimum atomic E-state index is 0.462. The van der Waals surface area contributed by atoms with Crippen LogP contribution in [-0.4, -0.2) is 0 Å². The molecule has 0 aliphatic heterocycles. The summed E-state index contributed by atoms with van der Waals surface area (Å²) in [6.07, 6.45) is 5.13. The zero-order valence-corrected chi connectivity index (χ0v) is 12.9. The van der Waals surface area contributed by atoms with Gasteiger partial charge in [-0.3, -0.25) is 0 Å². The van der Waals surface area contributed by atoms with Gasteiger partial charge in [0.25, 0.3) is 0 Å². The van der Waals surface area contributed by atoms with Crippen LogP contribution in [0.3, 0.4) is 0 Å². The van der Waals surface area contributed by atoms with Gasteiger partial charge in [0.05, 0.1) is 0 Å². The fourth-order valence-corrected chi connectivity index (χ4v) is 3.08. The molecule has 2 aromatic carbocycles. The Morgan fingerprint density at radius 2 is 1.71 bits per heavy atom. The van der Waals surface area contributed by atoms with Crippen molar-refractivity contribution in [3.8, 4) is 0 Å². The van der Waals surface area contributed by atoms with Crippen LogP contribution in [-0.2, 0) is 6.54 Å². The summed E-state index contributed by atoms with van der Waals surface area (Å²) in [5.41, 5.74) is 4.45. The summed E-state index contributed by atoms with van der Waals surface area (Å²) in [4.78, 5) is 0. The van der Waals surface area contributed by atoms with Crippen molar-refractivity contribution in [1.29, 1.82) is 0 Å². The van der Waals surface area contributed by atoms with Gasteiger partial charge in [-0.2, -0.15) is 0 Å². The maximum Gasteiger partial charge on any atom is 0.0323 e. The number of hydrogen-bond acceptors (Lipinski definition) is 1. The average molecular weight is 279 g/mol. The van der Waals surface area contributed by atoms with Gasteiger partial charge in [-0.05, 0) is 41.9 Å². The van der Waals surface area contributed by atoms with E-state index in [9.17, 15) is 0 Å². The van der Waals surface area contributed by atoms with Crippen molar-refractivity contribution in [2.75, 3.05) is 0 Å². The summed E-state index contributed by atoms with van der Waals surface area (Å²) < 4.78 is 0. The van der Waals surface area contributed by atoms with E-state index in [4.69, 9.17) is 0 Å². The lowest BCUT2D eigenvalue weighted by molar-refractivity contribution is 0.492. The zero-order valence-electron chi connectivity index (χ0n) is 12.9. The van der Waals surface area contributed by atoms with Crippen molar-refractivity contribution in [3.63, 3.8) is 0 Å². The number of benzene rings is 2. The molecule has 0 bridgehead atoms. The summed E-state index contributed by atoms with van der Waals surface area (Å²) >= 11 is 0. The third kappa shape index (κ3) is 3.74. The van der Waals surface area contributed by atoms with Gasteiger partial charge in [-0.1, -0.05) is 67.9 Å². The van der Waals surface area contributed by atoms with Gasteiger partial charge in [0.2, 0.25) is 0 Å². The maximum atomic E-state index is 3.78. The first-order valence-electron chi connectivity index (χ1n) is 8.24. The molecule has 0 saturated heterocycles. The monoisotopic (exact) mass is 279 g/mol. The molecule has 3 rings (SSSR count). The first-order chi connectivity index (χ1) is 10.4. The first kappa shape index (κ1) is 14.3. The number of nitrogens with one attached hydrogen (secondary N) is 1. The Bertz CT molecular complexity index is 557. The quantitative estimate of drug-likeness (QED) is 0.735. The molecular formula is C20H25N. The lowest BCUT2D eigenvalue weighted by Gasteiger charge is -2.20. The van der Waals surface area contributed by atoms with E-state index in [1.807, 2.05) is 0 Å². The molecule has 1 aliphatic rings. The standard InChI is InChI=1S/C20H25N/c1-2-8-20(17-9-4-3-5-10-17)21-15-18-11-6-7-12-19(18)16-13-14-16/h3-7,9-12,16,20-21H,2,8,13-15H2,1H3. The summed E-state index contributed by atoms with van der Waals surface area (Å²) in [6, 6.07) is 20.2. The Balaban J connectivity index is 1.70. The van der Waals surface area contributed by atoms with Crippen LogP contribution in [0.25, 0.3) is 0 Å². The Labute approximate surface area is 128 Å². The van der Waals surface area contributed by atoms with Crippen LogP contribution in [0.4, 0.5) is 0 Å². The molecule has 0 radical (unpaired) electrons. The van der Waals surface area contributed by atoms with Gasteiger partial charge in [0, 0.05) is 12.6 Å². The summed E-state index contributed by atoms with van der Waals surface area (Å²) in [6.45, 7) is 3.24. The third-order valence-corrected chi connectivity index (χ3v) is 4.39.